The summed E-state index contributed by atoms with van der Waals surface area (Å²) in [6, 6.07) is 2.03. The van der Waals surface area contributed by atoms with E-state index in [1.807, 2.05) is 20.0 Å². The molecular formula is C15H21N3O2. The number of nitrogens with one attached hydrogen (secondary N) is 2. The Kier molecular flexibility index (Phi) is 3.61. The molecule has 2 unspecified atom stereocenters. The van der Waals surface area contributed by atoms with E-state index in [1.54, 1.807) is 6.20 Å². The molecule has 1 aliphatic carbocycles. The van der Waals surface area contributed by atoms with E-state index >= 15 is 0 Å². The van der Waals surface area contributed by atoms with Crippen molar-refractivity contribution in [3.63, 3.8) is 0 Å². The van der Waals surface area contributed by atoms with E-state index in [-0.39, 0.29) is 18.1 Å². The maximum Gasteiger partial charge on any atom is 0.255 e. The standard InChI is InChI=1S/C15H21N3O2/c1-9-7-13(16-2)11(8-17-9)15(19)18-12-5-6-20-14(12)10-3-4-10/h7-8,10,12,14H,3-6H2,1-2H3,(H,16,17)(H,18,19). The summed E-state index contributed by atoms with van der Waals surface area (Å²) in [7, 11) is 1.82. The Balaban J connectivity index is 1.72. The second kappa shape index (κ2) is 5.40. The van der Waals surface area contributed by atoms with E-state index in [1.165, 1.54) is 12.8 Å². The molecule has 1 amide bonds. The van der Waals surface area contributed by atoms with Crippen LogP contribution in [-0.2, 0) is 4.74 Å². The fraction of sp³-hybridized carbons (Fsp3) is 0.600. The molecule has 1 aromatic heterocycles. The summed E-state index contributed by atoms with van der Waals surface area (Å²) >= 11 is 0. The molecule has 1 aliphatic heterocycles. The molecule has 2 aliphatic rings. The Morgan fingerprint density at radius 1 is 1.40 bits per heavy atom. The third-order valence-electron chi connectivity index (χ3n) is 4.09. The number of carbonyl (C=O) groups excluding carboxylic acids is 1. The van der Waals surface area contributed by atoms with Gasteiger partial charge in [-0.15, -0.1) is 0 Å². The van der Waals surface area contributed by atoms with Crippen LogP contribution in [0.1, 0.15) is 35.3 Å². The lowest BCUT2D eigenvalue weighted by atomic mass is 10.1. The van der Waals surface area contributed by atoms with Crippen molar-refractivity contribution in [1.82, 2.24) is 10.3 Å². The first kappa shape index (κ1) is 13.4. The molecule has 3 rings (SSSR count). The molecule has 20 heavy (non-hydrogen) atoms. The first-order valence-electron chi connectivity index (χ1n) is 7.26. The lowest BCUT2D eigenvalue weighted by Crippen LogP contribution is -2.41. The number of aryl methyl sites for hydroxylation is 1. The summed E-state index contributed by atoms with van der Waals surface area (Å²) in [5.41, 5.74) is 2.31. The summed E-state index contributed by atoms with van der Waals surface area (Å²) in [6.45, 7) is 2.66. The van der Waals surface area contributed by atoms with E-state index in [9.17, 15) is 4.79 Å². The zero-order valence-corrected chi connectivity index (χ0v) is 12.0. The van der Waals surface area contributed by atoms with Gasteiger partial charge in [0.15, 0.2) is 0 Å². The van der Waals surface area contributed by atoms with Crippen molar-refractivity contribution < 1.29 is 9.53 Å². The van der Waals surface area contributed by atoms with E-state index < -0.39 is 0 Å². The predicted molar refractivity (Wildman–Crippen MR) is 76.9 cm³/mol. The average Bonchev–Trinajstić information content (AvgIpc) is 3.19. The van der Waals surface area contributed by atoms with Gasteiger partial charge in [0.05, 0.1) is 23.4 Å². The van der Waals surface area contributed by atoms with E-state index in [0.29, 0.717) is 11.5 Å². The summed E-state index contributed by atoms with van der Waals surface area (Å²) in [5, 5.41) is 6.17. The second-order valence-corrected chi connectivity index (χ2v) is 5.66. The van der Waals surface area contributed by atoms with Gasteiger partial charge in [-0.3, -0.25) is 9.78 Å². The van der Waals surface area contributed by atoms with Crippen LogP contribution < -0.4 is 10.6 Å². The first-order valence-corrected chi connectivity index (χ1v) is 7.26. The average molecular weight is 275 g/mol. The molecule has 2 fully saturated rings. The van der Waals surface area contributed by atoms with Gasteiger partial charge in [-0.25, -0.2) is 0 Å². The molecule has 2 atom stereocenters. The molecule has 2 N–H and O–H groups in total. The van der Waals surface area contributed by atoms with Crippen LogP contribution in [0, 0.1) is 12.8 Å². The van der Waals surface area contributed by atoms with Gasteiger partial charge in [0.1, 0.15) is 0 Å². The van der Waals surface area contributed by atoms with Gasteiger partial charge < -0.3 is 15.4 Å². The Labute approximate surface area is 119 Å². The van der Waals surface area contributed by atoms with Crippen molar-refractivity contribution >= 4 is 11.6 Å². The Bertz CT molecular complexity index is 514. The van der Waals surface area contributed by atoms with Gasteiger partial charge in [0.25, 0.3) is 5.91 Å². The molecule has 1 saturated carbocycles. The number of hydrogen-bond acceptors (Lipinski definition) is 4. The topological polar surface area (TPSA) is 63.2 Å². The summed E-state index contributed by atoms with van der Waals surface area (Å²) < 4.78 is 5.76. The van der Waals surface area contributed by atoms with Crippen LogP contribution in [0.5, 0.6) is 0 Å². The SMILES string of the molecule is CNc1cc(C)ncc1C(=O)NC1CCOC1C1CC1. The van der Waals surface area contributed by atoms with Gasteiger partial charge in [-0.05, 0) is 38.2 Å². The van der Waals surface area contributed by atoms with Gasteiger partial charge in [-0.1, -0.05) is 0 Å². The number of nitrogens with zero attached hydrogens (tertiary/aromatic N) is 1. The van der Waals surface area contributed by atoms with Gasteiger partial charge in [-0.2, -0.15) is 0 Å². The third-order valence-corrected chi connectivity index (χ3v) is 4.09. The smallest absolute Gasteiger partial charge is 0.255 e. The largest absolute Gasteiger partial charge is 0.387 e. The fourth-order valence-electron chi connectivity index (χ4n) is 2.85. The van der Waals surface area contributed by atoms with Crippen LogP contribution in [0.3, 0.4) is 0 Å². The fourth-order valence-corrected chi connectivity index (χ4v) is 2.85. The van der Waals surface area contributed by atoms with Crippen molar-refractivity contribution in [2.45, 2.75) is 38.3 Å². The van der Waals surface area contributed by atoms with Gasteiger partial charge >= 0.3 is 0 Å². The highest BCUT2D eigenvalue weighted by molar-refractivity contribution is 5.99. The highest BCUT2D eigenvalue weighted by Crippen LogP contribution is 2.38. The van der Waals surface area contributed by atoms with Crippen LogP contribution in [0.25, 0.3) is 0 Å². The van der Waals surface area contributed by atoms with Crippen molar-refractivity contribution in [3.05, 3.63) is 23.5 Å². The lowest BCUT2D eigenvalue weighted by molar-refractivity contribution is 0.0730. The molecule has 1 saturated heterocycles. The maximum absolute atomic E-state index is 12.4. The normalized spacial score (nSPS) is 25.5. The number of ether oxygens (including phenoxy) is 1. The van der Waals surface area contributed by atoms with E-state index in [0.717, 1.165) is 24.4 Å². The number of anilines is 1. The number of pyridine rings is 1. The minimum absolute atomic E-state index is 0.0667. The van der Waals surface area contributed by atoms with Crippen molar-refractivity contribution in [2.75, 3.05) is 19.0 Å². The number of aromatic nitrogens is 1. The number of carbonyl (C=O) groups is 1. The molecule has 0 aromatic carbocycles. The van der Waals surface area contributed by atoms with Crippen LogP contribution in [0.15, 0.2) is 12.3 Å². The highest BCUT2D eigenvalue weighted by Gasteiger charge is 2.41. The minimum atomic E-state index is -0.0667. The summed E-state index contributed by atoms with van der Waals surface area (Å²) in [5.74, 6) is 0.575. The van der Waals surface area contributed by atoms with Crippen molar-refractivity contribution in [3.8, 4) is 0 Å². The molecular weight excluding hydrogens is 254 g/mol. The number of rotatable bonds is 4. The highest BCUT2D eigenvalue weighted by atomic mass is 16.5. The molecule has 5 nitrogen and oxygen atoms in total. The molecule has 5 heteroatoms. The molecule has 108 valence electrons. The van der Waals surface area contributed by atoms with E-state index in [4.69, 9.17) is 4.74 Å². The molecule has 0 bridgehead atoms. The molecule has 0 radical (unpaired) electrons. The quantitative estimate of drug-likeness (QED) is 0.878. The van der Waals surface area contributed by atoms with Crippen LogP contribution in [0.4, 0.5) is 5.69 Å². The molecule has 2 heterocycles. The van der Waals surface area contributed by atoms with Crippen molar-refractivity contribution in [2.24, 2.45) is 5.92 Å². The maximum atomic E-state index is 12.4. The summed E-state index contributed by atoms with van der Waals surface area (Å²) in [6.07, 6.45) is 5.20. The molecule has 0 spiro atoms. The Morgan fingerprint density at radius 2 is 2.20 bits per heavy atom. The van der Waals surface area contributed by atoms with Crippen LogP contribution in [0.2, 0.25) is 0 Å². The van der Waals surface area contributed by atoms with Crippen LogP contribution in [-0.4, -0.2) is 36.7 Å². The van der Waals surface area contributed by atoms with Gasteiger partial charge in [0.2, 0.25) is 0 Å². The first-order chi connectivity index (χ1) is 9.69. The van der Waals surface area contributed by atoms with E-state index in [2.05, 4.69) is 15.6 Å². The minimum Gasteiger partial charge on any atom is -0.387 e. The zero-order chi connectivity index (χ0) is 14.1. The Hall–Kier alpha value is -1.62. The Morgan fingerprint density at radius 3 is 2.90 bits per heavy atom. The lowest BCUT2D eigenvalue weighted by Gasteiger charge is -2.20. The van der Waals surface area contributed by atoms with Crippen LogP contribution >= 0.6 is 0 Å². The summed E-state index contributed by atoms with van der Waals surface area (Å²) in [4.78, 5) is 16.7. The van der Waals surface area contributed by atoms with Gasteiger partial charge in [0, 0.05) is 25.5 Å². The number of hydrogen-bond donors (Lipinski definition) is 2. The number of amides is 1. The predicted octanol–water partition coefficient (Wildman–Crippen LogP) is 1.73. The monoisotopic (exact) mass is 275 g/mol. The zero-order valence-electron chi connectivity index (χ0n) is 12.0. The van der Waals surface area contributed by atoms with Crippen molar-refractivity contribution in [1.29, 1.82) is 0 Å². The molecule has 1 aromatic rings. The third kappa shape index (κ3) is 2.63. The second-order valence-electron chi connectivity index (χ2n) is 5.66.